The number of nitrogens with zero attached hydrogens (tertiary/aromatic N) is 1. The predicted octanol–water partition coefficient (Wildman–Crippen LogP) is 6.90. The summed E-state index contributed by atoms with van der Waals surface area (Å²) in [6.45, 7) is 2.35. The van der Waals surface area contributed by atoms with E-state index in [9.17, 15) is 22.8 Å². The number of esters is 3. The molecule has 10 nitrogen and oxygen atoms in total. The molecule has 0 saturated heterocycles. The SMILES string of the molecule is COC(=O)C(c1ccccc1Cl)N1CCc2sc(OC(=O)c3ccccc3OC(C)=O)cc2C1.O=S(=O)(O)c1cccc2ccccc12. The number of halogens is 1. The molecular formula is C35H30ClNO9S2. The van der Waals surface area contributed by atoms with Crippen LogP contribution in [0.3, 0.4) is 0 Å². The lowest BCUT2D eigenvalue weighted by atomic mass is 10.0. The summed E-state index contributed by atoms with van der Waals surface area (Å²) in [5.41, 5.74) is 1.81. The molecule has 4 aromatic carbocycles. The molecule has 1 unspecified atom stereocenters. The predicted molar refractivity (Wildman–Crippen MR) is 181 cm³/mol. The Bertz CT molecular complexity index is 2090. The average Bonchev–Trinajstić information content (AvgIpc) is 3.46. The Balaban J connectivity index is 0.000000267. The molecule has 0 spiro atoms. The van der Waals surface area contributed by atoms with Crippen LogP contribution >= 0.6 is 22.9 Å². The number of rotatable bonds is 7. The molecule has 13 heteroatoms. The third-order valence-electron chi connectivity index (χ3n) is 7.44. The van der Waals surface area contributed by atoms with Gasteiger partial charge in [0.25, 0.3) is 10.1 Å². The second-order valence-electron chi connectivity index (χ2n) is 10.6. The molecule has 1 aliphatic rings. The van der Waals surface area contributed by atoms with E-state index < -0.39 is 28.1 Å². The van der Waals surface area contributed by atoms with Gasteiger partial charge in [0.1, 0.15) is 22.3 Å². The maximum Gasteiger partial charge on any atom is 0.348 e. The molecule has 6 rings (SSSR count). The zero-order chi connectivity index (χ0) is 34.4. The number of thiophene rings is 1. The third kappa shape index (κ3) is 8.09. The van der Waals surface area contributed by atoms with Crippen LogP contribution in [-0.4, -0.2) is 49.4 Å². The van der Waals surface area contributed by atoms with E-state index in [1.165, 1.54) is 37.5 Å². The normalized spacial score (nSPS) is 13.4. The summed E-state index contributed by atoms with van der Waals surface area (Å²) in [6.07, 6.45) is 0.680. The van der Waals surface area contributed by atoms with Gasteiger partial charge in [-0.15, -0.1) is 11.3 Å². The van der Waals surface area contributed by atoms with Crippen molar-refractivity contribution in [3.8, 4) is 10.8 Å². The molecule has 1 N–H and O–H groups in total. The number of fused-ring (bicyclic) bond motifs is 2. The number of carbonyl (C=O) groups is 3. The molecule has 0 saturated carbocycles. The number of carbonyl (C=O) groups excluding carboxylic acids is 3. The van der Waals surface area contributed by atoms with Crippen molar-refractivity contribution in [2.24, 2.45) is 0 Å². The molecule has 248 valence electrons. The van der Waals surface area contributed by atoms with E-state index >= 15 is 0 Å². The van der Waals surface area contributed by atoms with Crippen molar-refractivity contribution < 1.29 is 41.6 Å². The largest absolute Gasteiger partial charge is 0.468 e. The number of benzene rings is 4. The van der Waals surface area contributed by atoms with Crippen molar-refractivity contribution in [3.05, 3.63) is 124 Å². The van der Waals surface area contributed by atoms with Crippen LogP contribution in [0.2, 0.25) is 5.02 Å². The Morgan fingerprint density at radius 1 is 0.917 bits per heavy atom. The lowest BCUT2D eigenvalue weighted by molar-refractivity contribution is -0.147. The van der Waals surface area contributed by atoms with Crippen LogP contribution in [0.15, 0.2) is 102 Å². The number of para-hydroxylation sites is 1. The van der Waals surface area contributed by atoms with E-state index in [4.69, 9.17) is 30.4 Å². The van der Waals surface area contributed by atoms with Crippen LogP contribution in [0.4, 0.5) is 0 Å². The molecule has 0 aliphatic carbocycles. The second kappa shape index (κ2) is 15.1. The van der Waals surface area contributed by atoms with E-state index in [1.807, 2.05) is 29.2 Å². The van der Waals surface area contributed by atoms with Gasteiger partial charge < -0.3 is 14.2 Å². The van der Waals surface area contributed by atoms with E-state index in [0.717, 1.165) is 15.8 Å². The van der Waals surface area contributed by atoms with Crippen molar-refractivity contribution in [2.75, 3.05) is 13.7 Å². The Labute approximate surface area is 286 Å². The zero-order valence-electron chi connectivity index (χ0n) is 25.8. The van der Waals surface area contributed by atoms with Crippen molar-refractivity contribution in [1.29, 1.82) is 0 Å². The Morgan fingerprint density at radius 2 is 1.60 bits per heavy atom. The fraction of sp³-hybridized carbons (Fsp3) is 0.171. The summed E-state index contributed by atoms with van der Waals surface area (Å²) >= 11 is 7.77. The summed E-state index contributed by atoms with van der Waals surface area (Å²) in [4.78, 5) is 39.8. The highest BCUT2D eigenvalue weighted by atomic mass is 35.5. The Morgan fingerprint density at radius 3 is 2.33 bits per heavy atom. The monoisotopic (exact) mass is 707 g/mol. The molecular weight excluding hydrogens is 678 g/mol. The summed E-state index contributed by atoms with van der Waals surface area (Å²) in [5.74, 6) is -1.38. The van der Waals surface area contributed by atoms with Crippen LogP contribution in [0.5, 0.6) is 10.8 Å². The number of methoxy groups -OCH3 is 1. The molecule has 0 radical (unpaired) electrons. The molecule has 0 amide bonds. The van der Waals surface area contributed by atoms with Gasteiger partial charge in [0, 0.05) is 35.3 Å². The van der Waals surface area contributed by atoms with Crippen molar-refractivity contribution >= 4 is 61.7 Å². The maximum atomic E-state index is 12.8. The van der Waals surface area contributed by atoms with Gasteiger partial charge in [-0.1, -0.05) is 78.3 Å². The topological polar surface area (TPSA) is 137 Å². The van der Waals surface area contributed by atoms with Gasteiger partial charge in [0.05, 0.1) is 7.11 Å². The molecule has 48 heavy (non-hydrogen) atoms. The number of hydrogen-bond donors (Lipinski definition) is 1. The lowest BCUT2D eigenvalue weighted by Crippen LogP contribution is -2.38. The van der Waals surface area contributed by atoms with Gasteiger partial charge in [-0.25, -0.2) is 9.59 Å². The fourth-order valence-electron chi connectivity index (χ4n) is 5.33. The highest BCUT2D eigenvalue weighted by molar-refractivity contribution is 7.86. The first-order chi connectivity index (χ1) is 23.0. The van der Waals surface area contributed by atoms with E-state index in [1.54, 1.807) is 60.7 Å². The van der Waals surface area contributed by atoms with Crippen molar-refractivity contribution in [3.63, 3.8) is 0 Å². The van der Waals surface area contributed by atoms with Gasteiger partial charge in [0.15, 0.2) is 5.06 Å². The van der Waals surface area contributed by atoms with Gasteiger partial charge >= 0.3 is 17.9 Å². The number of hydrogen-bond acceptors (Lipinski definition) is 10. The van der Waals surface area contributed by atoms with E-state index in [2.05, 4.69) is 0 Å². The minimum Gasteiger partial charge on any atom is -0.468 e. The molecule has 0 bridgehead atoms. The molecule has 5 aromatic rings. The van der Waals surface area contributed by atoms with E-state index in [-0.39, 0.29) is 22.2 Å². The average molecular weight is 708 g/mol. The first-order valence-corrected chi connectivity index (χ1v) is 17.2. The Kier molecular flexibility index (Phi) is 10.9. The van der Waals surface area contributed by atoms with Gasteiger partial charge in [-0.05, 0) is 53.3 Å². The van der Waals surface area contributed by atoms with Gasteiger partial charge in [-0.3, -0.25) is 14.2 Å². The van der Waals surface area contributed by atoms with Crippen LogP contribution in [0.1, 0.15) is 39.3 Å². The van der Waals surface area contributed by atoms with Gasteiger partial charge in [0.2, 0.25) is 0 Å². The van der Waals surface area contributed by atoms with E-state index in [0.29, 0.717) is 40.5 Å². The Hall–Kier alpha value is -4.59. The summed E-state index contributed by atoms with van der Waals surface area (Å²) < 4.78 is 46.7. The summed E-state index contributed by atoms with van der Waals surface area (Å²) in [7, 11) is -2.77. The fourth-order valence-corrected chi connectivity index (χ4v) is 7.29. The molecule has 0 fully saturated rings. The van der Waals surface area contributed by atoms with Crippen LogP contribution in [0, 0.1) is 0 Å². The number of ether oxygens (including phenoxy) is 3. The van der Waals surface area contributed by atoms with Crippen LogP contribution in [0.25, 0.3) is 10.8 Å². The minimum atomic E-state index is -4.13. The summed E-state index contributed by atoms with van der Waals surface area (Å²) in [5, 5.41) is 2.26. The molecule has 1 aliphatic heterocycles. The highest BCUT2D eigenvalue weighted by Gasteiger charge is 2.33. The van der Waals surface area contributed by atoms with Crippen LogP contribution < -0.4 is 9.47 Å². The molecule has 1 atom stereocenters. The molecule has 1 aromatic heterocycles. The third-order valence-corrected chi connectivity index (χ3v) is 9.82. The van der Waals surface area contributed by atoms with Crippen LogP contribution in [-0.2, 0) is 37.4 Å². The smallest absolute Gasteiger partial charge is 0.348 e. The first-order valence-electron chi connectivity index (χ1n) is 14.6. The standard InChI is InChI=1S/C25H22ClNO6S.C10H8O3S/c1-15(28)32-20-10-6-4-8-18(20)24(29)33-22-13-16-14-27(12-11-21(16)34-22)23(25(30)31-2)17-7-3-5-9-19(17)26;11-14(12,13)10-7-3-5-8-4-1-2-6-9(8)10/h3-10,13,23H,11-12,14H2,1-2H3;1-7H,(H,11,12,13). The first kappa shape index (κ1) is 34.7. The molecule has 2 heterocycles. The lowest BCUT2D eigenvalue weighted by Gasteiger charge is -2.33. The highest BCUT2D eigenvalue weighted by Crippen LogP contribution is 2.38. The zero-order valence-corrected chi connectivity index (χ0v) is 28.2. The maximum absolute atomic E-state index is 12.8. The van der Waals surface area contributed by atoms with Crippen molar-refractivity contribution in [2.45, 2.75) is 30.8 Å². The van der Waals surface area contributed by atoms with Gasteiger partial charge in [-0.2, -0.15) is 8.42 Å². The quantitative estimate of drug-likeness (QED) is 0.108. The van der Waals surface area contributed by atoms with Crippen molar-refractivity contribution in [1.82, 2.24) is 4.90 Å². The minimum absolute atomic E-state index is 0.0457. The second-order valence-corrected chi connectivity index (χ2v) is 13.5. The summed E-state index contributed by atoms with van der Waals surface area (Å²) in [6, 6.07) is 26.6.